The Kier molecular flexibility index (Phi) is 9.54. The Balaban J connectivity index is 0.000000223. The van der Waals surface area contributed by atoms with Crippen LogP contribution in [-0.2, 0) is 8.54 Å². The van der Waals surface area contributed by atoms with Gasteiger partial charge in [0.2, 0.25) is 0 Å². The highest BCUT2D eigenvalue weighted by Crippen LogP contribution is 2.01. The van der Waals surface area contributed by atoms with Gasteiger partial charge in [0.1, 0.15) is 0 Å². The van der Waals surface area contributed by atoms with Crippen LogP contribution in [0.3, 0.4) is 0 Å². The van der Waals surface area contributed by atoms with Crippen LogP contribution in [0.15, 0.2) is 0 Å². The van der Waals surface area contributed by atoms with Gasteiger partial charge < -0.3 is 8.54 Å². The second-order valence-corrected chi connectivity index (χ2v) is 10.7. The fourth-order valence-electron chi connectivity index (χ4n) is 1.23. The summed E-state index contributed by atoms with van der Waals surface area (Å²) in [5, 5.41) is 0. The van der Waals surface area contributed by atoms with E-state index in [9.17, 15) is 0 Å². The number of hydrogen-bond donors (Lipinski definition) is 0. The smallest absolute Gasteiger partial charge is 0.161 e. The largest absolute Gasteiger partial charge is 0.461 e. The van der Waals surface area contributed by atoms with Gasteiger partial charge in [-0.2, -0.15) is 0 Å². The molecule has 2 nitrogen and oxygen atoms in total. The molecular formula is C8H24O2Si3. The summed E-state index contributed by atoms with van der Waals surface area (Å²) in [4.78, 5) is 0. The van der Waals surface area contributed by atoms with E-state index in [-0.39, 0.29) is 9.76 Å². The van der Waals surface area contributed by atoms with E-state index in [1.165, 1.54) is 18.9 Å². The third kappa shape index (κ3) is 12.6. The molecule has 0 spiro atoms. The normalized spacial score (nSPS) is 18.9. The predicted molar refractivity (Wildman–Crippen MR) is 67.4 cm³/mol. The number of hydrogen-bond acceptors (Lipinski definition) is 2. The molecule has 1 heterocycles. The van der Waals surface area contributed by atoms with Gasteiger partial charge in [-0.05, 0) is 38.7 Å². The molecule has 5 heteroatoms. The zero-order valence-electron chi connectivity index (χ0n) is 9.51. The van der Waals surface area contributed by atoms with Crippen LogP contribution in [0, 0.1) is 0 Å². The lowest BCUT2D eigenvalue weighted by molar-refractivity contribution is 0.304. The Morgan fingerprint density at radius 1 is 1.08 bits per heavy atom. The van der Waals surface area contributed by atoms with E-state index in [0.717, 1.165) is 6.61 Å². The van der Waals surface area contributed by atoms with Crippen LogP contribution in [0.5, 0.6) is 0 Å². The highest BCUT2D eigenvalue weighted by Gasteiger charge is 1.97. The highest BCUT2D eigenvalue weighted by atomic mass is 28.4. The summed E-state index contributed by atoms with van der Waals surface area (Å²) in [7, 11) is -1.32. The fraction of sp³-hybridized carbons (Fsp3) is 1.00. The molecule has 0 atom stereocenters. The SMILES string of the molecule is C1CC[SiH2]OC1.C[SiH](C)O[SiH](C)C. The van der Waals surface area contributed by atoms with Gasteiger partial charge in [-0.25, -0.2) is 0 Å². The maximum atomic E-state index is 5.53. The van der Waals surface area contributed by atoms with Crippen molar-refractivity contribution in [2.24, 2.45) is 0 Å². The first-order chi connectivity index (χ1) is 6.13. The summed E-state index contributed by atoms with van der Waals surface area (Å²) in [6.45, 7) is 9.92. The molecule has 0 N–H and O–H groups in total. The summed E-state index contributed by atoms with van der Waals surface area (Å²) in [6, 6.07) is 1.42. The van der Waals surface area contributed by atoms with E-state index in [1.807, 2.05) is 0 Å². The minimum Gasteiger partial charge on any atom is -0.461 e. The molecule has 0 amide bonds. The Bertz CT molecular complexity index is 88.1. The van der Waals surface area contributed by atoms with Crippen LogP contribution in [0.1, 0.15) is 12.8 Å². The van der Waals surface area contributed by atoms with Crippen LogP contribution in [0.2, 0.25) is 32.2 Å². The van der Waals surface area contributed by atoms with Crippen molar-refractivity contribution in [3.05, 3.63) is 0 Å². The average molecular weight is 237 g/mol. The van der Waals surface area contributed by atoms with Crippen molar-refractivity contribution in [3.63, 3.8) is 0 Å². The molecular weight excluding hydrogens is 212 g/mol. The molecule has 13 heavy (non-hydrogen) atoms. The number of rotatable bonds is 2. The van der Waals surface area contributed by atoms with E-state index >= 15 is 0 Å². The summed E-state index contributed by atoms with van der Waals surface area (Å²) in [6.07, 6.45) is 2.75. The average Bonchev–Trinajstić information content (AvgIpc) is 2.06. The maximum absolute atomic E-state index is 5.53. The van der Waals surface area contributed by atoms with Gasteiger partial charge in [0.05, 0.1) is 0 Å². The first-order valence-corrected chi connectivity index (χ1v) is 12.5. The first kappa shape index (κ1) is 13.6. The molecule has 1 rings (SSSR count). The van der Waals surface area contributed by atoms with Crippen molar-refractivity contribution in [1.82, 2.24) is 0 Å². The molecule has 1 aliphatic heterocycles. The molecule has 0 bridgehead atoms. The second kappa shape index (κ2) is 9.14. The summed E-state index contributed by atoms with van der Waals surface area (Å²) >= 11 is 0. The molecule has 0 aromatic rings. The molecule has 0 aromatic carbocycles. The lowest BCUT2D eigenvalue weighted by Gasteiger charge is -2.07. The molecule has 0 aliphatic carbocycles. The zero-order chi connectivity index (χ0) is 10.1. The Hall–Kier alpha value is 0.571. The van der Waals surface area contributed by atoms with Crippen LogP contribution in [0.25, 0.3) is 0 Å². The minimum absolute atomic E-state index is 0.00849. The molecule has 1 aliphatic rings. The van der Waals surface area contributed by atoms with Gasteiger partial charge in [-0.15, -0.1) is 0 Å². The third-order valence-electron chi connectivity index (χ3n) is 1.62. The van der Waals surface area contributed by atoms with Crippen LogP contribution in [0.4, 0.5) is 0 Å². The van der Waals surface area contributed by atoms with Gasteiger partial charge >= 0.3 is 0 Å². The molecule has 0 unspecified atom stereocenters. The van der Waals surface area contributed by atoms with Crippen molar-refractivity contribution in [2.45, 2.75) is 45.1 Å². The van der Waals surface area contributed by atoms with Gasteiger partial charge in [0.15, 0.2) is 27.8 Å². The monoisotopic (exact) mass is 236 g/mol. The lowest BCUT2D eigenvalue weighted by Crippen LogP contribution is -2.17. The second-order valence-electron chi connectivity index (χ2n) is 3.91. The summed E-state index contributed by atoms with van der Waals surface area (Å²) in [5.74, 6) is 0. The first-order valence-electron chi connectivity index (χ1n) is 5.36. The zero-order valence-corrected chi connectivity index (χ0v) is 13.2. The van der Waals surface area contributed by atoms with Gasteiger partial charge in [-0.1, -0.05) is 6.42 Å². The van der Waals surface area contributed by atoms with E-state index in [0.29, 0.717) is 0 Å². The van der Waals surface area contributed by atoms with Gasteiger partial charge in [0, 0.05) is 6.61 Å². The van der Waals surface area contributed by atoms with Crippen LogP contribution >= 0.6 is 0 Å². The molecule has 1 fully saturated rings. The van der Waals surface area contributed by atoms with Crippen molar-refractivity contribution < 1.29 is 8.54 Å². The Labute approximate surface area is 88.4 Å². The van der Waals surface area contributed by atoms with Crippen molar-refractivity contribution in [2.75, 3.05) is 6.61 Å². The quantitative estimate of drug-likeness (QED) is 0.672. The standard InChI is InChI=1S/C4H14OSi2.C4H10OSi/c1-6(2)5-7(3)4;1-2-4-6-5-3-1/h6-7H,1-4H3;1-4,6H2. The van der Waals surface area contributed by atoms with Crippen molar-refractivity contribution in [1.29, 1.82) is 0 Å². The molecule has 0 saturated carbocycles. The third-order valence-corrected chi connectivity index (χ3v) is 7.34. The fourth-order valence-corrected chi connectivity index (χ4v) is 6.76. The van der Waals surface area contributed by atoms with E-state index in [2.05, 4.69) is 26.2 Å². The maximum Gasteiger partial charge on any atom is 0.161 e. The summed E-state index contributed by atoms with van der Waals surface area (Å²) in [5.41, 5.74) is 0. The van der Waals surface area contributed by atoms with E-state index in [1.54, 1.807) is 0 Å². The topological polar surface area (TPSA) is 18.5 Å². The van der Waals surface area contributed by atoms with Crippen LogP contribution < -0.4 is 0 Å². The van der Waals surface area contributed by atoms with Crippen molar-refractivity contribution in [3.8, 4) is 0 Å². The lowest BCUT2D eigenvalue weighted by atomic mass is 10.4. The predicted octanol–water partition coefficient (Wildman–Crippen LogP) is 1.27. The highest BCUT2D eigenvalue weighted by molar-refractivity contribution is 6.63. The van der Waals surface area contributed by atoms with Gasteiger partial charge in [0.25, 0.3) is 0 Å². The van der Waals surface area contributed by atoms with E-state index in [4.69, 9.17) is 8.54 Å². The molecule has 80 valence electrons. The van der Waals surface area contributed by atoms with Gasteiger partial charge in [-0.3, -0.25) is 0 Å². The Morgan fingerprint density at radius 2 is 1.69 bits per heavy atom. The Morgan fingerprint density at radius 3 is 1.77 bits per heavy atom. The van der Waals surface area contributed by atoms with E-state index < -0.39 is 18.1 Å². The van der Waals surface area contributed by atoms with Crippen molar-refractivity contribution >= 4 is 27.8 Å². The molecule has 0 aromatic heterocycles. The molecule has 0 radical (unpaired) electrons. The van der Waals surface area contributed by atoms with Crippen LogP contribution in [-0.4, -0.2) is 34.5 Å². The minimum atomic E-state index is -0.667. The summed E-state index contributed by atoms with van der Waals surface area (Å²) < 4.78 is 10.7. The molecule has 1 saturated heterocycles.